The third kappa shape index (κ3) is 3.90. The van der Waals surface area contributed by atoms with Crippen molar-refractivity contribution >= 4 is 0 Å². The third-order valence-electron chi connectivity index (χ3n) is 3.28. The number of benzene rings is 1. The van der Waals surface area contributed by atoms with Crippen LogP contribution in [-0.2, 0) is 0 Å². The van der Waals surface area contributed by atoms with Crippen LogP contribution in [0.3, 0.4) is 0 Å². The van der Waals surface area contributed by atoms with Crippen molar-refractivity contribution in [1.29, 1.82) is 0 Å². The Hall–Kier alpha value is -1.19. The van der Waals surface area contributed by atoms with Gasteiger partial charge in [-0.2, -0.15) is 0 Å². The van der Waals surface area contributed by atoms with Gasteiger partial charge in [0.05, 0.1) is 0 Å². The van der Waals surface area contributed by atoms with Gasteiger partial charge in [-0.25, -0.2) is 0 Å². The predicted molar refractivity (Wildman–Crippen MR) is 75.4 cm³/mol. The average molecular weight is 288 g/mol. The Balaban J connectivity index is 3.52. The molecule has 0 aliphatic heterocycles. The summed E-state index contributed by atoms with van der Waals surface area (Å²) in [5, 5.41) is 0. The van der Waals surface area contributed by atoms with Crippen molar-refractivity contribution in [2.45, 2.75) is 65.7 Å². The molecule has 0 fully saturated rings. The summed E-state index contributed by atoms with van der Waals surface area (Å²) in [5.41, 5.74) is 2.75. The van der Waals surface area contributed by atoms with E-state index >= 15 is 0 Å². The van der Waals surface area contributed by atoms with Crippen LogP contribution in [0.15, 0.2) is 12.1 Å². The molecular weight excluding hydrogens is 265 g/mol. The summed E-state index contributed by atoms with van der Waals surface area (Å²) < 4.78 is 41.9. The molecule has 1 aromatic rings. The van der Waals surface area contributed by atoms with Crippen LogP contribution in [0.2, 0.25) is 0 Å². The van der Waals surface area contributed by atoms with Gasteiger partial charge in [-0.05, 0) is 34.9 Å². The maximum Gasteiger partial charge on any atom is 0.573 e. The van der Waals surface area contributed by atoms with Crippen molar-refractivity contribution in [1.82, 2.24) is 0 Å². The lowest BCUT2D eigenvalue weighted by molar-refractivity contribution is -0.275. The van der Waals surface area contributed by atoms with Gasteiger partial charge in [0.15, 0.2) is 0 Å². The molecule has 0 radical (unpaired) electrons. The van der Waals surface area contributed by atoms with E-state index in [-0.39, 0.29) is 23.5 Å². The van der Waals surface area contributed by atoms with Crippen LogP contribution in [-0.4, -0.2) is 6.36 Å². The fraction of sp³-hybridized carbons (Fsp3) is 0.625. The Kier molecular flexibility index (Phi) is 5.11. The standard InChI is InChI=1S/C16H23F3O/c1-9(2)12-7-8-13(20-16(17,18)19)15(11(5)6)14(12)10(3)4/h7-11H,1-6H3. The number of ether oxygens (including phenoxy) is 1. The molecule has 0 bridgehead atoms. The molecule has 4 heteroatoms. The molecule has 0 heterocycles. The molecule has 0 unspecified atom stereocenters. The molecule has 114 valence electrons. The zero-order chi connectivity index (χ0) is 15.7. The van der Waals surface area contributed by atoms with Crippen molar-refractivity contribution in [2.24, 2.45) is 0 Å². The molecule has 0 aliphatic rings. The summed E-state index contributed by atoms with van der Waals surface area (Å²) in [6.07, 6.45) is -4.66. The van der Waals surface area contributed by atoms with E-state index in [2.05, 4.69) is 18.6 Å². The quantitative estimate of drug-likeness (QED) is 0.664. The van der Waals surface area contributed by atoms with Crippen LogP contribution in [0.5, 0.6) is 5.75 Å². The van der Waals surface area contributed by atoms with E-state index in [1.165, 1.54) is 6.07 Å². The smallest absolute Gasteiger partial charge is 0.405 e. The highest BCUT2D eigenvalue weighted by molar-refractivity contribution is 5.49. The number of halogens is 3. The zero-order valence-electron chi connectivity index (χ0n) is 12.9. The molecule has 1 aromatic carbocycles. The third-order valence-corrected chi connectivity index (χ3v) is 3.28. The Labute approximate surface area is 119 Å². The Morgan fingerprint density at radius 3 is 1.65 bits per heavy atom. The molecule has 0 aromatic heterocycles. The Bertz CT molecular complexity index is 460. The van der Waals surface area contributed by atoms with Crippen LogP contribution >= 0.6 is 0 Å². The lowest BCUT2D eigenvalue weighted by Crippen LogP contribution is -2.19. The van der Waals surface area contributed by atoms with E-state index in [4.69, 9.17) is 0 Å². The van der Waals surface area contributed by atoms with Crippen molar-refractivity contribution in [3.8, 4) is 5.75 Å². The van der Waals surface area contributed by atoms with Gasteiger partial charge in [0.25, 0.3) is 0 Å². The molecule has 0 saturated carbocycles. The summed E-state index contributed by atoms with van der Waals surface area (Å²) >= 11 is 0. The largest absolute Gasteiger partial charge is 0.573 e. The highest BCUT2D eigenvalue weighted by Gasteiger charge is 2.33. The topological polar surface area (TPSA) is 9.23 Å². The van der Waals surface area contributed by atoms with Crippen LogP contribution in [0.25, 0.3) is 0 Å². The van der Waals surface area contributed by atoms with Gasteiger partial charge in [0.1, 0.15) is 5.75 Å². The number of hydrogen-bond acceptors (Lipinski definition) is 1. The maximum absolute atomic E-state index is 12.6. The minimum atomic E-state index is -4.66. The Morgan fingerprint density at radius 2 is 1.30 bits per heavy atom. The van der Waals surface area contributed by atoms with Gasteiger partial charge >= 0.3 is 6.36 Å². The van der Waals surface area contributed by atoms with Crippen molar-refractivity contribution < 1.29 is 17.9 Å². The average Bonchev–Trinajstić information content (AvgIpc) is 2.24. The SMILES string of the molecule is CC(C)c1ccc(OC(F)(F)F)c(C(C)C)c1C(C)C. The second-order valence-electron chi connectivity index (χ2n) is 5.99. The lowest BCUT2D eigenvalue weighted by Gasteiger charge is -2.25. The molecule has 1 rings (SSSR count). The van der Waals surface area contributed by atoms with Crippen LogP contribution < -0.4 is 4.74 Å². The molecule has 0 saturated heterocycles. The predicted octanol–water partition coefficient (Wildman–Crippen LogP) is 5.96. The summed E-state index contributed by atoms with van der Waals surface area (Å²) in [6.45, 7) is 11.9. The first-order valence-corrected chi connectivity index (χ1v) is 6.97. The summed E-state index contributed by atoms with van der Waals surface area (Å²) in [4.78, 5) is 0. The molecule has 0 atom stereocenters. The zero-order valence-corrected chi connectivity index (χ0v) is 12.9. The molecule has 0 aliphatic carbocycles. The summed E-state index contributed by atoms with van der Waals surface area (Å²) in [5.74, 6) is 0.329. The number of rotatable bonds is 4. The van der Waals surface area contributed by atoms with Gasteiger partial charge in [0.2, 0.25) is 0 Å². The van der Waals surface area contributed by atoms with Crippen LogP contribution in [0.1, 0.15) is 76.0 Å². The van der Waals surface area contributed by atoms with Crippen molar-refractivity contribution in [3.05, 3.63) is 28.8 Å². The monoisotopic (exact) mass is 288 g/mol. The van der Waals surface area contributed by atoms with Crippen molar-refractivity contribution in [3.63, 3.8) is 0 Å². The van der Waals surface area contributed by atoms with Gasteiger partial charge in [-0.1, -0.05) is 47.6 Å². The summed E-state index contributed by atoms with van der Waals surface area (Å²) in [7, 11) is 0. The molecule has 0 amide bonds. The van der Waals surface area contributed by atoms with Gasteiger partial charge in [0, 0.05) is 5.56 Å². The van der Waals surface area contributed by atoms with Gasteiger partial charge in [-0.15, -0.1) is 13.2 Å². The normalized spacial score (nSPS) is 12.6. The highest BCUT2D eigenvalue weighted by atomic mass is 19.4. The summed E-state index contributed by atoms with van der Waals surface area (Å²) in [6, 6.07) is 3.21. The first-order valence-electron chi connectivity index (χ1n) is 6.97. The second kappa shape index (κ2) is 6.06. The number of alkyl halides is 3. The van der Waals surface area contributed by atoms with E-state index in [0.29, 0.717) is 5.56 Å². The molecular formula is C16H23F3O. The molecule has 0 spiro atoms. The van der Waals surface area contributed by atoms with Crippen LogP contribution in [0.4, 0.5) is 13.2 Å². The van der Waals surface area contributed by atoms with Gasteiger partial charge in [-0.3, -0.25) is 0 Å². The molecule has 20 heavy (non-hydrogen) atoms. The maximum atomic E-state index is 12.6. The first-order chi connectivity index (χ1) is 9.04. The minimum absolute atomic E-state index is 0.0246. The fourth-order valence-corrected chi connectivity index (χ4v) is 2.59. The van der Waals surface area contributed by atoms with E-state index in [1.807, 2.05) is 27.7 Å². The van der Waals surface area contributed by atoms with Gasteiger partial charge < -0.3 is 4.74 Å². The molecule has 1 nitrogen and oxygen atoms in total. The number of hydrogen-bond donors (Lipinski definition) is 0. The minimum Gasteiger partial charge on any atom is -0.405 e. The van der Waals surface area contributed by atoms with E-state index in [1.54, 1.807) is 6.07 Å². The van der Waals surface area contributed by atoms with Crippen LogP contribution in [0, 0.1) is 0 Å². The Morgan fingerprint density at radius 1 is 0.800 bits per heavy atom. The first kappa shape index (κ1) is 16.9. The van der Waals surface area contributed by atoms with Crippen molar-refractivity contribution in [2.75, 3.05) is 0 Å². The highest BCUT2D eigenvalue weighted by Crippen LogP contribution is 2.40. The molecule has 0 N–H and O–H groups in total. The van der Waals surface area contributed by atoms with E-state index in [9.17, 15) is 13.2 Å². The lowest BCUT2D eigenvalue weighted by atomic mass is 9.83. The van der Waals surface area contributed by atoms with E-state index < -0.39 is 6.36 Å². The second-order valence-corrected chi connectivity index (χ2v) is 5.99. The van der Waals surface area contributed by atoms with E-state index in [0.717, 1.165) is 11.1 Å². The fourth-order valence-electron chi connectivity index (χ4n) is 2.59.